The third kappa shape index (κ3) is 5.37. The van der Waals surface area contributed by atoms with Gasteiger partial charge < -0.3 is 20.1 Å². The molecule has 0 aromatic carbocycles. The molecule has 2 aliphatic rings. The van der Waals surface area contributed by atoms with E-state index in [2.05, 4.69) is 31.2 Å². The zero-order valence-electron chi connectivity index (χ0n) is 15.9. The highest BCUT2D eigenvalue weighted by molar-refractivity contribution is 14.0. The molecule has 1 saturated heterocycles. The van der Waals surface area contributed by atoms with Crippen LogP contribution in [-0.4, -0.2) is 47.5 Å². The predicted octanol–water partition coefficient (Wildman–Crippen LogP) is 2.49. The summed E-state index contributed by atoms with van der Waals surface area (Å²) in [4.78, 5) is 19.0. The molecule has 2 heterocycles. The van der Waals surface area contributed by atoms with Gasteiger partial charge >= 0.3 is 0 Å². The fraction of sp³-hybridized carbons (Fsp3) is 0.684. The van der Waals surface area contributed by atoms with Crippen molar-refractivity contribution >= 4 is 35.8 Å². The van der Waals surface area contributed by atoms with Crippen molar-refractivity contribution in [1.82, 2.24) is 20.1 Å². The molecule has 1 aromatic rings. The number of likely N-dealkylation sites (tertiary alicyclic amines) is 1. The summed E-state index contributed by atoms with van der Waals surface area (Å²) in [5.74, 6) is 1.44. The van der Waals surface area contributed by atoms with Gasteiger partial charge in [-0.15, -0.1) is 24.0 Å². The summed E-state index contributed by atoms with van der Waals surface area (Å²) >= 11 is 0. The van der Waals surface area contributed by atoms with Gasteiger partial charge in [0.1, 0.15) is 0 Å². The van der Waals surface area contributed by atoms with E-state index >= 15 is 0 Å². The molecule has 2 fully saturated rings. The topological polar surface area (TPSA) is 61.7 Å². The molecule has 6 nitrogen and oxygen atoms in total. The lowest BCUT2D eigenvalue weighted by molar-refractivity contribution is -0.135. The highest BCUT2D eigenvalue weighted by Gasteiger charge is 2.31. The highest BCUT2D eigenvalue weighted by atomic mass is 127. The maximum absolute atomic E-state index is 12.7. The largest absolute Gasteiger partial charge is 0.353 e. The number of aliphatic imine (C=N–C) groups is 1. The molecule has 7 heteroatoms. The molecule has 0 bridgehead atoms. The summed E-state index contributed by atoms with van der Waals surface area (Å²) in [7, 11) is 3.83. The minimum absolute atomic E-state index is 0. The van der Waals surface area contributed by atoms with E-state index < -0.39 is 0 Å². The number of nitrogens with zero attached hydrogens (tertiary/aromatic N) is 3. The smallest absolute Gasteiger partial charge is 0.225 e. The van der Waals surface area contributed by atoms with E-state index in [1.807, 2.05) is 19.3 Å². The minimum atomic E-state index is 0. The summed E-state index contributed by atoms with van der Waals surface area (Å²) in [5.41, 5.74) is 1.21. The van der Waals surface area contributed by atoms with Crippen molar-refractivity contribution in [2.45, 2.75) is 51.1 Å². The lowest BCUT2D eigenvalue weighted by Gasteiger charge is -2.26. The molecule has 26 heavy (non-hydrogen) atoms. The normalized spacial score (nSPS) is 21.4. The van der Waals surface area contributed by atoms with E-state index in [1.54, 1.807) is 7.05 Å². The molecule has 0 radical (unpaired) electrons. The highest BCUT2D eigenvalue weighted by Crippen LogP contribution is 2.26. The Kier molecular flexibility index (Phi) is 8.24. The number of aromatic nitrogens is 1. The number of aryl methyl sites for hydroxylation is 1. The molecule has 3 rings (SSSR count). The van der Waals surface area contributed by atoms with Gasteiger partial charge in [-0.1, -0.05) is 19.3 Å². The monoisotopic (exact) mass is 473 g/mol. The second kappa shape index (κ2) is 10.2. The molecule has 1 aliphatic carbocycles. The summed E-state index contributed by atoms with van der Waals surface area (Å²) < 4.78 is 2.10. The van der Waals surface area contributed by atoms with Gasteiger partial charge in [0.05, 0.1) is 6.54 Å². The quantitative estimate of drug-likeness (QED) is 0.402. The predicted molar refractivity (Wildman–Crippen MR) is 116 cm³/mol. The number of hydrogen-bond donors (Lipinski definition) is 2. The van der Waals surface area contributed by atoms with E-state index in [1.165, 1.54) is 25.0 Å². The van der Waals surface area contributed by atoms with Gasteiger partial charge in [-0.25, -0.2) is 0 Å². The molecule has 2 N–H and O–H groups in total. The van der Waals surface area contributed by atoms with E-state index in [0.717, 1.165) is 44.9 Å². The second-order valence-corrected chi connectivity index (χ2v) is 7.29. The van der Waals surface area contributed by atoms with Gasteiger partial charge in [-0.05, 0) is 31.4 Å². The molecule has 1 saturated carbocycles. The van der Waals surface area contributed by atoms with Crippen molar-refractivity contribution in [3.8, 4) is 0 Å². The third-order valence-corrected chi connectivity index (χ3v) is 5.51. The maximum atomic E-state index is 12.7. The second-order valence-electron chi connectivity index (χ2n) is 7.29. The van der Waals surface area contributed by atoms with Gasteiger partial charge in [0.15, 0.2) is 5.96 Å². The van der Waals surface area contributed by atoms with Crippen LogP contribution in [-0.2, 0) is 18.4 Å². The Morgan fingerprint density at radius 2 is 2.04 bits per heavy atom. The zero-order chi connectivity index (χ0) is 17.6. The van der Waals surface area contributed by atoms with E-state index in [-0.39, 0.29) is 35.9 Å². The number of halogens is 1. The molecule has 1 aromatic heterocycles. The molecule has 146 valence electrons. The van der Waals surface area contributed by atoms with E-state index in [4.69, 9.17) is 0 Å². The lowest BCUT2D eigenvalue weighted by Crippen LogP contribution is -2.45. The fourth-order valence-corrected chi connectivity index (χ4v) is 3.93. The number of carbonyl (C=O) groups is 1. The van der Waals surface area contributed by atoms with Crippen LogP contribution in [0.3, 0.4) is 0 Å². The van der Waals surface area contributed by atoms with E-state index in [0.29, 0.717) is 5.91 Å². The third-order valence-electron chi connectivity index (χ3n) is 5.51. The van der Waals surface area contributed by atoms with Crippen molar-refractivity contribution in [2.75, 3.05) is 20.1 Å². The van der Waals surface area contributed by atoms with Gasteiger partial charge in [-0.2, -0.15) is 0 Å². The lowest BCUT2D eigenvalue weighted by atomic mass is 9.88. The number of amides is 1. The first-order valence-electron chi connectivity index (χ1n) is 9.53. The van der Waals surface area contributed by atoms with Crippen LogP contribution in [0.1, 0.15) is 44.2 Å². The molecular formula is C19H32IN5O. The molecule has 1 amide bonds. The SMILES string of the molecule is CN=C(NCc1cccn1C)NC1CCN(C(=O)C2CCCCC2)C1.I. The van der Waals surface area contributed by atoms with Crippen LogP contribution in [0.2, 0.25) is 0 Å². The Morgan fingerprint density at radius 1 is 1.27 bits per heavy atom. The first kappa shape index (κ1) is 21.1. The number of guanidine groups is 1. The Hall–Kier alpha value is -1.25. The van der Waals surface area contributed by atoms with Crippen molar-refractivity contribution < 1.29 is 4.79 Å². The zero-order valence-corrected chi connectivity index (χ0v) is 18.2. The Morgan fingerprint density at radius 3 is 2.69 bits per heavy atom. The standard InChI is InChI=1S/C19H31N5O.HI/c1-20-19(21-13-17-9-6-11-23(17)2)22-16-10-12-24(14-16)18(25)15-7-4-3-5-8-15;/h6,9,11,15-16H,3-5,7-8,10,12-14H2,1-2H3,(H2,20,21,22);1H. The van der Waals surface area contributed by atoms with Gasteiger partial charge in [0.2, 0.25) is 5.91 Å². The van der Waals surface area contributed by atoms with Crippen molar-refractivity contribution in [2.24, 2.45) is 18.0 Å². The average Bonchev–Trinajstić information content (AvgIpc) is 3.27. The summed E-state index contributed by atoms with van der Waals surface area (Å²) in [6, 6.07) is 4.42. The maximum Gasteiger partial charge on any atom is 0.225 e. The number of hydrogen-bond acceptors (Lipinski definition) is 2. The van der Waals surface area contributed by atoms with Crippen LogP contribution in [0.5, 0.6) is 0 Å². The minimum Gasteiger partial charge on any atom is -0.353 e. The Bertz CT molecular complexity index is 609. The Labute approximate surface area is 173 Å². The van der Waals surface area contributed by atoms with Crippen LogP contribution < -0.4 is 10.6 Å². The average molecular weight is 473 g/mol. The molecule has 0 spiro atoms. The van der Waals surface area contributed by atoms with Crippen LogP contribution in [0.4, 0.5) is 0 Å². The van der Waals surface area contributed by atoms with E-state index in [9.17, 15) is 4.79 Å². The van der Waals surface area contributed by atoms with Crippen LogP contribution in [0, 0.1) is 5.92 Å². The fourth-order valence-electron chi connectivity index (χ4n) is 3.93. The van der Waals surface area contributed by atoms with Crippen LogP contribution >= 0.6 is 24.0 Å². The number of rotatable bonds is 4. The molecule has 1 aliphatic heterocycles. The van der Waals surface area contributed by atoms with Crippen LogP contribution in [0.25, 0.3) is 0 Å². The Balaban J connectivity index is 0.00000243. The number of nitrogens with one attached hydrogen (secondary N) is 2. The molecule has 1 unspecified atom stereocenters. The summed E-state index contributed by atoms with van der Waals surface area (Å²) in [5, 5.41) is 6.83. The number of carbonyl (C=O) groups excluding carboxylic acids is 1. The van der Waals surface area contributed by atoms with Gasteiger partial charge in [0.25, 0.3) is 0 Å². The summed E-state index contributed by atoms with van der Waals surface area (Å²) in [6.45, 7) is 2.39. The summed E-state index contributed by atoms with van der Waals surface area (Å²) in [6.07, 6.45) is 8.89. The van der Waals surface area contributed by atoms with Gasteiger partial charge in [0, 0.05) is 51.0 Å². The van der Waals surface area contributed by atoms with Crippen molar-refractivity contribution in [1.29, 1.82) is 0 Å². The van der Waals surface area contributed by atoms with Crippen LogP contribution in [0.15, 0.2) is 23.3 Å². The molecule has 1 atom stereocenters. The first-order valence-corrected chi connectivity index (χ1v) is 9.53. The molecular weight excluding hydrogens is 441 g/mol. The van der Waals surface area contributed by atoms with Crippen molar-refractivity contribution in [3.05, 3.63) is 24.0 Å². The van der Waals surface area contributed by atoms with Gasteiger partial charge in [-0.3, -0.25) is 9.79 Å². The van der Waals surface area contributed by atoms with Crippen molar-refractivity contribution in [3.63, 3.8) is 0 Å². The first-order chi connectivity index (χ1) is 12.2.